The zero-order valence-electron chi connectivity index (χ0n) is 80.5. The van der Waals surface area contributed by atoms with Crippen molar-refractivity contribution < 1.29 is 19.2 Å². The summed E-state index contributed by atoms with van der Waals surface area (Å²) in [6, 6.07) is 56.8. The van der Waals surface area contributed by atoms with Crippen LogP contribution in [0.1, 0.15) is 70.8 Å². The second-order valence-electron chi connectivity index (χ2n) is 35.9. The Morgan fingerprint density at radius 3 is 1.03 bits per heavy atom. The molecule has 4 amide bonds. The van der Waals surface area contributed by atoms with Crippen LogP contribution in [-0.4, -0.2) is 169 Å². The van der Waals surface area contributed by atoms with Crippen molar-refractivity contribution in [3.05, 3.63) is 324 Å². The molecule has 730 valence electrons. The summed E-state index contributed by atoms with van der Waals surface area (Å²) in [6.07, 6.45) is 47.2. The van der Waals surface area contributed by atoms with Gasteiger partial charge < -0.3 is 35.9 Å². The van der Waals surface area contributed by atoms with Gasteiger partial charge in [0.05, 0.1) is 117 Å². The fourth-order valence-electron chi connectivity index (χ4n) is 18.0. The van der Waals surface area contributed by atoms with E-state index in [9.17, 15) is 19.2 Å². The maximum absolute atomic E-state index is 12.6. The van der Waals surface area contributed by atoms with Gasteiger partial charge in [-0.05, 0) is 145 Å². The third kappa shape index (κ3) is 19.9. The van der Waals surface area contributed by atoms with Gasteiger partial charge in [-0.15, -0.1) is 0 Å². The number of amides is 4. The number of fused-ring (bicyclic) bond motifs is 8. The van der Waals surface area contributed by atoms with Gasteiger partial charge in [-0.1, -0.05) is 106 Å². The Morgan fingerprint density at radius 2 is 0.660 bits per heavy atom. The molecule has 0 saturated heterocycles. The number of imidazole rings is 4. The third-order valence-electron chi connectivity index (χ3n) is 25.8. The smallest absolute Gasteiger partial charge is 0.229 e. The topological polar surface area (TPSA) is 513 Å². The van der Waals surface area contributed by atoms with Gasteiger partial charge in [0.1, 0.15) is 44.8 Å². The highest BCUT2D eigenvalue weighted by Crippen LogP contribution is 2.41. The van der Waals surface area contributed by atoms with Gasteiger partial charge in [-0.3, -0.25) is 99.7 Å². The van der Waals surface area contributed by atoms with Crippen LogP contribution >= 0.6 is 0 Å². The minimum Gasteiger partial charge on any atom is -0.335 e. The van der Waals surface area contributed by atoms with Gasteiger partial charge >= 0.3 is 0 Å². The van der Waals surface area contributed by atoms with E-state index in [0.717, 1.165) is 215 Å². The van der Waals surface area contributed by atoms with Crippen molar-refractivity contribution in [3.8, 4) is 135 Å². The van der Waals surface area contributed by atoms with Crippen LogP contribution in [0.25, 0.3) is 223 Å². The number of carbonyl (C=O) groups is 4. The molecule has 37 nitrogen and oxygen atoms in total. The second-order valence-corrected chi connectivity index (χ2v) is 35.9. The number of aromatic nitrogens is 29. The molecular weight excluding hydrogens is 1880 g/mol. The fourth-order valence-corrected chi connectivity index (χ4v) is 18.0. The van der Waals surface area contributed by atoms with Crippen LogP contribution in [0, 0.1) is 5.92 Å². The number of aromatic amines is 8. The number of rotatable bonds is 24. The summed E-state index contributed by atoms with van der Waals surface area (Å²) in [5.74, 6) is 2.83. The molecule has 5 aromatic carbocycles. The van der Waals surface area contributed by atoms with Crippen LogP contribution in [0.5, 0.6) is 0 Å². The van der Waals surface area contributed by atoms with Crippen molar-refractivity contribution in [1.29, 1.82) is 0 Å². The molecule has 1 saturated carbocycles. The molecule has 150 heavy (non-hydrogen) atoms. The average Bonchev–Trinajstić information content (AvgIpc) is 1.62. The van der Waals surface area contributed by atoms with E-state index in [0.29, 0.717) is 88.1 Å². The summed E-state index contributed by atoms with van der Waals surface area (Å²) in [5.41, 5.74) is 30.3. The van der Waals surface area contributed by atoms with Crippen LogP contribution in [0.2, 0.25) is 0 Å². The lowest BCUT2D eigenvalue weighted by atomic mass is 9.85. The van der Waals surface area contributed by atoms with Crippen molar-refractivity contribution in [3.63, 3.8) is 0 Å². The summed E-state index contributed by atoms with van der Waals surface area (Å²) < 4.78 is 0. The Labute approximate surface area is 852 Å². The van der Waals surface area contributed by atoms with Crippen LogP contribution < -0.4 is 21.3 Å². The summed E-state index contributed by atoms with van der Waals surface area (Å²) >= 11 is 0. The number of nitrogens with one attached hydrogen (secondary N) is 12. The van der Waals surface area contributed by atoms with Gasteiger partial charge in [-0.25, -0.2) is 29.9 Å². The monoisotopic (exact) mass is 1970 g/mol. The van der Waals surface area contributed by atoms with Crippen molar-refractivity contribution >= 4 is 134 Å². The SMILES string of the molecule is CCCC(=O)Nc1nccc(-c2ccc3[nH]nc(-c4nc5c(-c6cccnc6)cncc5[nH]4)c3c2)n1.CCCCC(=O)Nc1cncc(-c2ccc3[nH]nc(-c4nc5c(-c6cccnc6)cncc5[nH]4)c3c2)c1.O=C(Cc1ccccc1)Nc1cncc(-c2ccc3[nH]nc(-c4nc5c(-c6cccnc6)cncc5[nH]4)c3c2)c1.O=C(Nc1cncc(-c2ccc3[nH]nc(-c4nc5c(-c6cccnc6)cncc5[nH]4)c3c2)c1)C1CCC1. The lowest BCUT2D eigenvalue weighted by Gasteiger charge is -2.24. The Balaban J connectivity index is 0.000000110. The predicted molar refractivity (Wildman–Crippen MR) is 576 cm³/mol. The zero-order chi connectivity index (χ0) is 101. The lowest BCUT2D eigenvalue weighted by molar-refractivity contribution is -0.122. The molecule has 1 aliphatic rings. The molecule has 0 aliphatic heterocycles. The molecule has 26 rings (SSSR count). The van der Waals surface area contributed by atoms with E-state index in [2.05, 4.69) is 166 Å². The predicted octanol–water partition coefficient (Wildman–Crippen LogP) is 21.7. The Bertz CT molecular complexity index is 9300. The summed E-state index contributed by atoms with van der Waals surface area (Å²) in [4.78, 5) is 138. The Hall–Kier alpha value is -20.5. The molecule has 12 N–H and O–H groups in total. The van der Waals surface area contributed by atoms with Gasteiger partial charge in [0.25, 0.3) is 0 Å². The number of pyridine rings is 11. The van der Waals surface area contributed by atoms with E-state index in [-0.39, 0.29) is 35.5 Å². The molecule has 0 unspecified atom stereocenters. The largest absolute Gasteiger partial charge is 0.335 e. The lowest BCUT2D eigenvalue weighted by Crippen LogP contribution is -2.28. The van der Waals surface area contributed by atoms with Crippen LogP contribution in [0.3, 0.4) is 0 Å². The van der Waals surface area contributed by atoms with Crippen molar-refractivity contribution in [2.75, 3.05) is 21.3 Å². The molecule has 25 aromatic rings. The molecule has 37 heteroatoms. The average molecular weight is 1970 g/mol. The van der Waals surface area contributed by atoms with E-state index in [1.807, 2.05) is 171 Å². The first-order valence-corrected chi connectivity index (χ1v) is 48.7. The third-order valence-corrected chi connectivity index (χ3v) is 25.8. The number of carbonyl (C=O) groups excluding carboxylic acids is 4. The number of hydrogen-bond acceptors (Lipinski definition) is 25. The molecular formula is C113H89N33O4. The second kappa shape index (κ2) is 41.8. The highest BCUT2D eigenvalue weighted by Gasteiger charge is 2.28. The first-order chi connectivity index (χ1) is 73.8. The molecule has 1 aliphatic carbocycles. The van der Waals surface area contributed by atoms with Gasteiger partial charge in [0, 0.05) is 206 Å². The number of benzene rings is 5. The van der Waals surface area contributed by atoms with Gasteiger partial charge in [0.2, 0.25) is 29.6 Å². The van der Waals surface area contributed by atoms with Crippen molar-refractivity contribution in [1.82, 2.24) is 145 Å². The summed E-state index contributed by atoms with van der Waals surface area (Å²) in [7, 11) is 0. The molecule has 1 fully saturated rings. The minimum absolute atomic E-state index is 0.00148. The van der Waals surface area contributed by atoms with Gasteiger partial charge in [0.15, 0.2) is 23.3 Å². The zero-order valence-corrected chi connectivity index (χ0v) is 80.5. The minimum atomic E-state index is -0.104. The van der Waals surface area contributed by atoms with Crippen molar-refractivity contribution in [2.24, 2.45) is 5.92 Å². The number of anilines is 4. The van der Waals surface area contributed by atoms with E-state index in [1.165, 1.54) is 0 Å². The maximum atomic E-state index is 12.6. The Kier molecular flexibility index (Phi) is 26.0. The number of nitrogens with zero attached hydrogens (tertiary/aromatic N) is 21. The highest BCUT2D eigenvalue weighted by atomic mass is 16.2. The molecule has 0 bridgehead atoms. The van der Waals surface area contributed by atoms with Crippen LogP contribution in [-0.2, 0) is 25.6 Å². The van der Waals surface area contributed by atoms with E-state index < -0.39 is 0 Å². The van der Waals surface area contributed by atoms with Crippen molar-refractivity contribution in [2.45, 2.75) is 71.6 Å². The van der Waals surface area contributed by atoms with Crippen LogP contribution in [0.4, 0.5) is 23.0 Å². The normalized spacial score (nSPS) is 11.8. The Morgan fingerprint density at radius 1 is 0.300 bits per heavy atom. The van der Waals surface area contributed by atoms with Crippen LogP contribution in [0.15, 0.2) is 318 Å². The highest BCUT2D eigenvalue weighted by molar-refractivity contribution is 6.05. The number of hydrogen-bond donors (Lipinski definition) is 12. The molecule has 0 atom stereocenters. The number of unbranched alkanes of at least 4 members (excludes halogenated alkanes) is 1. The first-order valence-electron chi connectivity index (χ1n) is 48.7. The van der Waals surface area contributed by atoms with Gasteiger partial charge in [-0.2, -0.15) is 20.4 Å². The fraction of sp³-hybridized carbons (Fsp3) is 0.106. The van der Waals surface area contributed by atoms with E-state index in [4.69, 9.17) is 19.9 Å². The first kappa shape index (κ1) is 93.1. The maximum Gasteiger partial charge on any atom is 0.229 e. The molecule has 20 aromatic heterocycles. The molecule has 0 radical (unpaired) electrons. The molecule has 0 spiro atoms. The summed E-state index contributed by atoms with van der Waals surface area (Å²) in [5, 5.41) is 45.9. The quantitative estimate of drug-likeness (QED) is 0.0267. The molecule has 20 heterocycles. The summed E-state index contributed by atoms with van der Waals surface area (Å²) in [6.45, 7) is 4.02. The van der Waals surface area contributed by atoms with E-state index >= 15 is 0 Å². The standard InChI is InChI=1S/C31H22N8O.C28H22N8O.C28H24N8O.C26H21N9O/c40-28(11-19-5-2-1-3-6-19)35-23-12-22(15-33-16-23)20-8-9-26-24(13-20)30(39-38-26)31-36-27-18-34-17-25(29(27)37-31)21-7-4-10-32-14-21;37-28(16-3-1-4-16)32-20-9-19(12-30-13-20)17-6-7-23-21(10-17)26(36-35-23)27-33-24-15-31-14-22(25(24)34-27)18-5-2-8-29-11-18;1-2-3-6-25(37)32-20-10-19(13-30-14-20)17-7-8-23-21(11-17)27(36-35-23)28-33-24-16-31-15-22(26(24)34-28)18-5-4-9-29-12-18;1-2-4-22(36)32-26-29-10-8-19(31-26)15-6-7-20-17(11-15)24(35-34-20)25-30-21-14-28-13-18(23(21)33-25)16-5-3-9-27-12-16/h1-10,12-18H,11H2,(H,35,40)(H,36,37)(H,38,39);2,5-16H,1,3-4H2,(H,32,37)(H,33,34)(H,35,36);4-5,7-16H,2-3,6H2,1H3,(H,32,37)(H,33,34)(H,35,36);3,5-14H,2,4H2,1H3,(H,30,33)(H,34,35)(H,29,31,32,36). The van der Waals surface area contributed by atoms with E-state index in [1.54, 1.807) is 143 Å². The number of H-pyrrole nitrogens is 8.